The topological polar surface area (TPSA) is 46.5 Å². The Morgan fingerprint density at radius 3 is 2.64 bits per heavy atom. The van der Waals surface area contributed by atoms with Gasteiger partial charge in [-0.15, -0.1) is 23.5 Å². The largest absolute Gasteiger partial charge is 0.465 e. The van der Waals surface area contributed by atoms with Gasteiger partial charge >= 0.3 is 5.97 Å². The van der Waals surface area contributed by atoms with Crippen LogP contribution >= 0.6 is 23.5 Å². The molecule has 0 aromatic heterocycles. The number of hydrogen-bond acceptors (Lipinski definition) is 5. The van der Waals surface area contributed by atoms with Crippen LogP contribution in [0.2, 0.25) is 0 Å². The molecule has 1 N–H and O–H groups in total. The molecule has 0 amide bonds. The Bertz CT molecular complexity index is 194. The maximum Gasteiger partial charge on any atom is 0.311 e. The molecule has 0 bridgehead atoms. The highest BCUT2D eigenvalue weighted by molar-refractivity contribution is 8.16. The predicted molar refractivity (Wildman–Crippen MR) is 60.5 cm³/mol. The Hall–Kier alpha value is 0.130. The van der Waals surface area contributed by atoms with Crippen LogP contribution < -0.4 is 0 Å². The number of rotatable bonds is 4. The maximum absolute atomic E-state index is 11.4. The lowest BCUT2D eigenvalue weighted by Crippen LogP contribution is -2.38. The minimum absolute atomic E-state index is 0.0608. The molecule has 0 saturated carbocycles. The minimum Gasteiger partial charge on any atom is -0.465 e. The van der Waals surface area contributed by atoms with E-state index in [1.54, 1.807) is 23.5 Å². The molecule has 3 nitrogen and oxygen atoms in total. The first-order chi connectivity index (χ1) is 6.70. The molecule has 0 aromatic carbocycles. The number of thioether (sulfide) groups is 2. The summed E-state index contributed by atoms with van der Waals surface area (Å²) in [6, 6.07) is 0. The van der Waals surface area contributed by atoms with Crippen molar-refractivity contribution < 1.29 is 14.6 Å². The van der Waals surface area contributed by atoms with Crippen molar-refractivity contribution in [1.82, 2.24) is 0 Å². The van der Waals surface area contributed by atoms with Crippen LogP contribution in [0.1, 0.15) is 12.8 Å². The number of esters is 1. The molecule has 1 fully saturated rings. The zero-order chi connectivity index (χ0) is 10.6. The fraction of sp³-hybridized carbons (Fsp3) is 0.889. The molecular formula is C9H16O3S2. The lowest BCUT2D eigenvalue weighted by molar-refractivity contribution is -0.157. The minimum atomic E-state index is -0.590. The van der Waals surface area contributed by atoms with Gasteiger partial charge in [-0.05, 0) is 25.4 Å². The normalized spacial score (nSPS) is 24.9. The van der Waals surface area contributed by atoms with Gasteiger partial charge in [-0.3, -0.25) is 4.79 Å². The van der Waals surface area contributed by atoms with Crippen molar-refractivity contribution in [2.45, 2.75) is 23.5 Å². The van der Waals surface area contributed by atoms with Crippen LogP contribution in [0.25, 0.3) is 0 Å². The van der Waals surface area contributed by atoms with Crippen molar-refractivity contribution >= 4 is 29.5 Å². The number of ether oxygens (including phenoxy) is 1. The second-order valence-corrected chi connectivity index (χ2v) is 5.50. The van der Waals surface area contributed by atoms with Gasteiger partial charge < -0.3 is 9.84 Å². The van der Waals surface area contributed by atoms with Crippen molar-refractivity contribution in [3.05, 3.63) is 0 Å². The van der Waals surface area contributed by atoms with Crippen LogP contribution in [0.3, 0.4) is 0 Å². The lowest BCUT2D eigenvalue weighted by atomic mass is 9.96. The van der Waals surface area contributed by atoms with E-state index in [4.69, 9.17) is 4.74 Å². The molecule has 0 aliphatic carbocycles. The summed E-state index contributed by atoms with van der Waals surface area (Å²) in [5, 5.41) is 9.96. The number of aliphatic hydroxyl groups is 1. The molecule has 2 atom stereocenters. The average molecular weight is 236 g/mol. The van der Waals surface area contributed by atoms with Crippen LogP contribution in [-0.4, -0.2) is 40.9 Å². The summed E-state index contributed by atoms with van der Waals surface area (Å²) in [5.41, 5.74) is 0. The summed E-state index contributed by atoms with van der Waals surface area (Å²) in [4.78, 5) is 11.4. The molecule has 1 aliphatic rings. The van der Waals surface area contributed by atoms with Gasteiger partial charge in [-0.1, -0.05) is 0 Å². The van der Waals surface area contributed by atoms with Gasteiger partial charge in [-0.2, -0.15) is 0 Å². The zero-order valence-corrected chi connectivity index (χ0v) is 10.1. The summed E-state index contributed by atoms with van der Waals surface area (Å²) in [5.74, 6) is -0.564. The first-order valence-electron chi connectivity index (χ1n) is 4.61. The predicted octanol–water partition coefficient (Wildman–Crippen LogP) is 1.35. The molecular weight excluding hydrogens is 220 g/mol. The third-order valence-electron chi connectivity index (χ3n) is 2.36. The summed E-state index contributed by atoms with van der Waals surface area (Å²) < 4.78 is 4.99. The third kappa shape index (κ3) is 2.81. The van der Waals surface area contributed by atoms with Crippen LogP contribution in [0.4, 0.5) is 0 Å². The number of carbonyl (C=O) groups is 1. The molecule has 82 valence electrons. The Balaban J connectivity index is 2.56. The quantitative estimate of drug-likeness (QED) is 0.590. The Labute approximate surface area is 93.0 Å². The lowest BCUT2D eigenvalue weighted by Gasteiger charge is -2.29. The summed E-state index contributed by atoms with van der Waals surface area (Å²) >= 11 is 3.16. The molecule has 1 rings (SSSR count). The summed E-state index contributed by atoms with van der Waals surface area (Å²) in [7, 11) is 0. The second-order valence-electron chi connectivity index (χ2n) is 3.25. The molecule has 1 aliphatic heterocycles. The smallest absolute Gasteiger partial charge is 0.311 e. The van der Waals surface area contributed by atoms with Gasteiger partial charge in [-0.25, -0.2) is 0 Å². The van der Waals surface area contributed by atoms with E-state index >= 15 is 0 Å². The maximum atomic E-state index is 11.4. The summed E-state index contributed by atoms with van der Waals surface area (Å²) in [6.07, 6.45) is 4.91. The molecule has 5 heteroatoms. The van der Waals surface area contributed by atoms with E-state index in [1.165, 1.54) is 0 Å². The second kappa shape index (κ2) is 5.88. The van der Waals surface area contributed by atoms with Gasteiger partial charge in [0.15, 0.2) is 0 Å². The van der Waals surface area contributed by atoms with Crippen molar-refractivity contribution in [2.75, 3.05) is 19.1 Å². The highest BCUT2D eigenvalue weighted by atomic mass is 32.2. The van der Waals surface area contributed by atoms with E-state index in [0.29, 0.717) is 6.61 Å². The molecule has 0 aromatic rings. The number of carbonyl (C=O) groups excluding carboxylic acids is 1. The van der Waals surface area contributed by atoms with Crippen molar-refractivity contribution in [3.63, 3.8) is 0 Å². The molecule has 1 heterocycles. The first-order valence-corrected chi connectivity index (χ1v) is 7.18. The average Bonchev–Trinajstić information content (AvgIpc) is 2.20. The highest BCUT2D eigenvalue weighted by Gasteiger charge is 2.35. The fourth-order valence-corrected chi connectivity index (χ4v) is 3.28. The van der Waals surface area contributed by atoms with Gasteiger partial charge in [0.2, 0.25) is 0 Å². The molecule has 2 unspecified atom stereocenters. The summed E-state index contributed by atoms with van der Waals surface area (Å²) in [6.45, 7) is 0.505. The van der Waals surface area contributed by atoms with E-state index in [1.807, 2.05) is 12.5 Å². The van der Waals surface area contributed by atoms with Crippen molar-refractivity contribution in [3.8, 4) is 0 Å². The van der Waals surface area contributed by atoms with Gasteiger partial charge in [0.05, 0.1) is 23.2 Å². The van der Waals surface area contributed by atoms with Gasteiger partial charge in [0.25, 0.3) is 0 Å². The molecule has 1 saturated heterocycles. The van der Waals surface area contributed by atoms with Crippen LogP contribution in [0.15, 0.2) is 0 Å². The van der Waals surface area contributed by atoms with E-state index < -0.39 is 6.10 Å². The third-order valence-corrected chi connectivity index (χ3v) is 5.00. The van der Waals surface area contributed by atoms with Crippen LogP contribution in [0, 0.1) is 5.92 Å². The van der Waals surface area contributed by atoms with E-state index in [0.717, 1.165) is 12.8 Å². The monoisotopic (exact) mass is 236 g/mol. The van der Waals surface area contributed by atoms with Crippen LogP contribution in [0.5, 0.6) is 0 Å². The van der Waals surface area contributed by atoms with Crippen molar-refractivity contribution in [1.29, 1.82) is 0 Å². The van der Waals surface area contributed by atoms with Crippen molar-refractivity contribution in [2.24, 2.45) is 5.92 Å². The molecule has 0 radical (unpaired) electrons. The fourth-order valence-electron chi connectivity index (χ4n) is 1.58. The Morgan fingerprint density at radius 2 is 2.14 bits per heavy atom. The van der Waals surface area contributed by atoms with Crippen LogP contribution in [-0.2, 0) is 9.53 Å². The first kappa shape index (κ1) is 12.2. The SMILES string of the molecule is CSC(SC)C(O)C1CCCOC1=O. The number of aliphatic hydroxyl groups excluding tert-OH is 1. The standard InChI is InChI=1S/C9H16O3S2/c1-13-9(14-2)7(10)6-4-3-5-12-8(6)11/h6-7,9-10H,3-5H2,1-2H3. The Morgan fingerprint density at radius 1 is 1.50 bits per heavy atom. The van der Waals surface area contributed by atoms with E-state index in [9.17, 15) is 9.90 Å². The molecule has 14 heavy (non-hydrogen) atoms. The number of hydrogen-bond donors (Lipinski definition) is 1. The zero-order valence-electron chi connectivity index (χ0n) is 8.43. The van der Waals surface area contributed by atoms with E-state index in [2.05, 4.69) is 0 Å². The van der Waals surface area contributed by atoms with Gasteiger partial charge in [0.1, 0.15) is 0 Å². The molecule has 0 spiro atoms. The number of cyclic esters (lactones) is 1. The highest BCUT2D eigenvalue weighted by Crippen LogP contribution is 2.30. The van der Waals surface area contributed by atoms with E-state index in [-0.39, 0.29) is 16.5 Å². The Kier molecular flexibility index (Phi) is 5.12. The van der Waals surface area contributed by atoms with Gasteiger partial charge in [0, 0.05) is 0 Å².